The van der Waals surface area contributed by atoms with Crippen LogP contribution in [0.1, 0.15) is 28.8 Å². The molecule has 0 aliphatic rings. The number of carbonyl (C=O) groups is 1. The summed E-state index contributed by atoms with van der Waals surface area (Å²) in [5.74, 6) is -1.23. The maximum absolute atomic E-state index is 11.7. The summed E-state index contributed by atoms with van der Waals surface area (Å²) < 4.78 is 25.8. The van der Waals surface area contributed by atoms with Gasteiger partial charge in [0.2, 0.25) is 10.0 Å². The van der Waals surface area contributed by atoms with Crippen LogP contribution in [0.15, 0.2) is 24.3 Å². The first-order valence-electron chi connectivity index (χ1n) is 5.85. The van der Waals surface area contributed by atoms with E-state index in [0.717, 1.165) is 0 Å². The van der Waals surface area contributed by atoms with Crippen molar-refractivity contribution in [1.29, 1.82) is 0 Å². The number of unbranched alkanes of at least 4 members (excludes halogenated alkanes) is 1. The van der Waals surface area contributed by atoms with Crippen molar-refractivity contribution in [2.75, 3.05) is 13.2 Å². The highest BCUT2D eigenvalue weighted by atomic mass is 32.2. The average molecular weight is 287 g/mol. The lowest BCUT2D eigenvalue weighted by molar-refractivity contribution is 0.0697. The highest BCUT2D eigenvalue weighted by Crippen LogP contribution is 2.08. The van der Waals surface area contributed by atoms with E-state index in [0.29, 0.717) is 18.4 Å². The Morgan fingerprint density at radius 1 is 1.16 bits per heavy atom. The van der Waals surface area contributed by atoms with Gasteiger partial charge in [0.15, 0.2) is 0 Å². The van der Waals surface area contributed by atoms with Crippen molar-refractivity contribution in [3.63, 3.8) is 0 Å². The minimum Gasteiger partial charge on any atom is -0.478 e. The highest BCUT2D eigenvalue weighted by Gasteiger charge is 2.11. The fourth-order valence-corrected chi connectivity index (χ4v) is 2.67. The normalized spacial score (nSPS) is 11.4. The summed E-state index contributed by atoms with van der Waals surface area (Å²) in [6.45, 7) is 0.328. The molecule has 7 heteroatoms. The summed E-state index contributed by atoms with van der Waals surface area (Å²) in [7, 11) is -3.43. The van der Waals surface area contributed by atoms with E-state index >= 15 is 0 Å². The maximum atomic E-state index is 11.7. The molecule has 0 amide bonds. The Kier molecular flexibility index (Phi) is 5.94. The number of benzene rings is 1. The number of rotatable bonds is 8. The van der Waals surface area contributed by atoms with Gasteiger partial charge in [-0.1, -0.05) is 12.1 Å². The third-order valence-electron chi connectivity index (χ3n) is 2.46. The summed E-state index contributed by atoms with van der Waals surface area (Å²) in [4.78, 5) is 10.6. The molecule has 0 aliphatic heterocycles. The zero-order chi connectivity index (χ0) is 14.3. The van der Waals surface area contributed by atoms with Crippen molar-refractivity contribution < 1.29 is 23.4 Å². The summed E-state index contributed by atoms with van der Waals surface area (Å²) in [5.41, 5.74) is 0.650. The zero-order valence-electron chi connectivity index (χ0n) is 10.4. The molecule has 0 saturated carbocycles. The average Bonchev–Trinajstić information content (AvgIpc) is 2.35. The number of carboxylic acid groups (broad SMARTS) is 1. The Morgan fingerprint density at radius 2 is 1.79 bits per heavy atom. The Balaban J connectivity index is 2.55. The molecule has 0 unspecified atom stereocenters. The van der Waals surface area contributed by atoms with Gasteiger partial charge in [0.05, 0.1) is 11.3 Å². The number of aromatic carboxylic acids is 1. The van der Waals surface area contributed by atoms with Crippen LogP contribution in [-0.4, -0.2) is 37.8 Å². The molecule has 0 spiro atoms. The van der Waals surface area contributed by atoms with Crippen LogP contribution in [0, 0.1) is 0 Å². The monoisotopic (exact) mass is 287 g/mol. The molecule has 0 aromatic heterocycles. The van der Waals surface area contributed by atoms with E-state index in [1.54, 1.807) is 0 Å². The Labute approximate surface area is 112 Å². The molecule has 106 valence electrons. The largest absolute Gasteiger partial charge is 0.478 e. The summed E-state index contributed by atoms with van der Waals surface area (Å²) in [6, 6.07) is 5.71. The van der Waals surface area contributed by atoms with Gasteiger partial charge in [-0.05, 0) is 30.5 Å². The van der Waals surface area contributed by atoms with Gasteiger partial charge in [0, 0.05) is 13.2 Å². The first kappa shape index (κ1) is 15.6. The molecular weight excluding hydrogens is 270 g/mol. The van der Waals surface area contributed by atoms with Crippen LogP contribution in [0.4, 0.5) is 0 Å². The van der Waals surface area contributed by atoms with Gasteiger partial charge in [-0.15, -0.1) is 0 Å². The fraction of sp³-hybridized carbons (Fsp3) is 0.417. The standard InChI is InChI=1S/C12H17NO5S/c14-8-2-1-7-13-19(17,18)9-10-3-5-11(6-4-10)12(15)16/h3-6,13-14H,1-2,7-9H2,(H,15,16). The van der Waals surface area contributed by atoms with Crippen LogP contribution in [-0.2, 0) is 15.8 Å². The molecule has 1 rings (SSSR count). The van der Waals surface area contributed by atoms with Crippen LogP contribution >= 0.6 is 0 Å². The SMILES string of the molecule is O=C(O)c1ccc(CS(=O)(=O)NCCCCO)cc1. The first-order chi connectivity index (χ1) is 8.94. The topological polar surface area (TPSA) is 104 Å². The number of aliphatic hydroxyl groups is 1. The first-order valence-corrected chi connectivity index (χ1v) is 7.50. The van der Waals surface area contributed by atoms with Crippen molar-refractivity contribution in [2.24, 2.45) is 0 Å². The van der Waals surface area contributed by atoms with Crippen LogP contribution in [0.5, 0.6) is 0 Å². The third kappa shape index (κ3) is 5.82. The van der Waals surface area contributed by atoms with Crippen molar-refractivity contribution in [1.82, 2.24) is 4.72 Å². The Bertz CT molecular complexity index is 509. The summed E-state index contributed by atoms with van der Waals surface area (Å²) >= 11 is 0. The van der Waals surface area contributed by atoms with Gasteiger partial charge in [-0.3, -0.25) is 0 Å². The molecule has 0 heterocycles. The molecule has 0 fully saturated rings. The van der Waals surface area contributed by atoms with Crippen molar-refractivity contribution in [3.05, 3.63) is 35.4 Å². The second kappa shape index (κ2) is 7.22. The van der Waals surface area contributed by atoms with E-state index < -0.39 is 16.0 Å². The van der Waals surface area contributed by atoms with Gasteiger partial charge in [0.25, 0.3) is 0 Å². The van der Waals surface area contributed by atoms with E-state index in [1.165, 1.54) is 24.3 Å². The number of nitrogens with one attached hydrogen (secondary N) is 1. The van der Waals surface area contributed by atoms with E-state index in [9.17, 15) is 13.2 Å². The second-order valence-corrected chi connectivity index (χ2v) is 5.89. The number of hydrogen-bond donors (Lipinski definition) is 3. The minimum absolute atomic E-state index is 0.0401. The smallest absolute Gasteiger partial charge is 0.335 e. The van der Waals surface area contributed by atoms with Gasteiger partial charge in [-0.2, -0.15) is 0 Å². The van der Waals surface area contributed by atoms with Gasteiger partial charge in [-0.25, -0.2) is 17.9 Å². The van der Waals surface area contributed by atoms with Gasteiger partial charge in [0.1, 0.15) is 0 Å². The number of aliphatic hydroxyl groups excluding tert-OH is 1. The molecule has 3 N–H and O–H groups in total. The van der Waals surface area contributed by atoms with Gasteiger partial charge >= 0.3 is 5.97 Å². The number of sulfonamides is 1. The quantitative estimate of drug-likeness (QED) is 0.607. The molecule has 19 heavy (non-hydrogen) atoms. The molecule has 1 aromatic carbocycles. The lowest BCUT2D eigenvalue weighted by Crippen LogP contribution is -2.26. The number of hydrogen-bond acceptors (Lipinski definition) is 4. The predicted molar refractivity (Wildman–Crippen MR) is 70.3 cm³/mol. The lowest BCUT2D eigenvalue weighted by atomic mass is 10.1. The molecule has 0 saturated heterocycles. The molecular formula is C12H17NO5S. The molecule has 0 bridgehead atoms. The zero-order valence-corrected chi connectivity index (χ0v) is 11.2. The van der Waals surface area contributed by atoms with Crippen LogP contribution in [0.25, 0.3) is 0 Å². The van der Waals surface area contributed by atoms with Crippen LogP contribution in [0.2, 0.25) is 0 Å². The number of carboxylic acids is 1. The fourth-order valence-electron chi connectivity index (χ4n) is 1.48. The summed E-state index contributed by atoms with van der Waals surface area (Å²) in [5, 5.41) is 17.3. The Hall–Kier alpha value is -1.44. The second-order valence-electron chi connectivity index (χ2n) is 4.09. The molecule has 1 aromatic rings. The van der Waals surface area contributed by atoms with E-state index in [1.807, 2.05) is 0 Å². The summed E-state index contributed by atoms with van der Waals surface area (Å²) in [6.07, 6.45) is 1.13. The highest BCUT2D eigenvalue weighted by molar-refractivity contribution is 7.88. The lowest BCUT2D eigenvalue weighted by Gasteiger charge is -2.06. The van der Waals surface area contributed by atoms with Crippen LogP contribution < -0.4 is 4.72 Å². The molecule has 0 radical (unpaired) electrons. The van der Waals surface area contributed by atoms with E-state index in [4.69, 9.17) is 10.2 Å². The van der Waals surface area contributed by atoms with Crippen molar-refractivity contribution in [3.8, 4) is 0 Å². The maximum Gasteiger partial charge on any atom is 0.335 e. The van der Waals surface area contributed by atoms with E-state index in [2.05, 4.69) is 4.72 Å². The third-order valence-corrected chi connectivity index (χ3v) is 3.82. The van der Waals surface area contributed by atoms with Crippen molar-refractivity contribution >= 4 is 16.0 Å². The van der Waals surface area contributed by atoms with Crippen LogP contribution in [0.3, 0.4) is 0 Å². The molecule has 0 atom stereocenters. The Morgan fingerprint density at radius 3 is 2.32 bits per heavy atom. The molecule has 0 aliphatic carbocycles. The van der Waals surface area contributed by atoms with E-state index in [-0.39, 0.29) is 24.5 Å². The minimum atomic E-state index is -3.43. The van der Waals surface area contributed by atoms with Gasteiger partial charge < -0.3 is 10.2 Å². The van der Waals surface area contributed by atoms with Crippen molar-refractivity contribution in [2.45, 2.75) is 18.6 Å². The predicted octanol–water partition coefficient (Wildman–Crippen LogP) is 0.577. The molecule has 6 nitrogen and oxygen atoms in total.